The zero-order valence-corrected chi connectivity index (χ0v) is 20.2. The Morgan fingerprint density at radius 2 is 1.67 bits per heavy atom. The number of carbonyl (C=O) groups excluding carboxylic acids is 2. The maximum absolute atomic E-state index is 13.0. The fourth-order valence-corrected chi connectivity index (χ4v) is 3.93. The topological polar surface area (TPSA) is 94.8 Å². The van der Waals surface area contributed by atoms with Gasteiger partial charge in [0.1, 0.15) is 24.0 Å². The number of hydrogen-bond donors (Lipinski definition) is 1. The number of aryl methyl sites for hydroxylation is 1. The smallest absolute Gasteiger partial charge is 0.408 e. The fourth-order valence-electron chi connectivity index (χ4n) is 3.93. The van der Waals surface area contributed by atoms with Gasteiger partial charge in [-0.2, -0.15) is 0 Å². The molecule has 1 atom stereocenters. The lowest BCUT2D eigenvalue weighted by Gasteiger charge is -2.18. The number of alkyl carbamates (subject to hydrolysis) is 1. The second kappa shape index (κ2) is 11.4. The van der Waals surface area contributed by atoms with E-state index >= 15 is 0 Å². The zero-order chi connectivity index (χ0) is 25.5. The molecule has 1 heterocycles. The van der Waals surface area contributed by atoms with Crippen molar-refractivity contribution in [3.63, 3.8) is 0 Å². The zero-order valence-electron chi connectivity index (χ0n) is 20.2. The Bertz CT molecular complexity index is 1410. The summed E-state index contributed by atoms with van der Waals surface area (Å²) in [4.78, 5) is 37.6. The van der Waals surface area contributed by atoms with E-state index in [0.29, 0.717) is 24.0 Å². The molecule has 0 aliphatic heterocycles. The molecule has 0 saturated carbocycles. The van der Waals surface area contributed by atoms with Crippen LogP contribution in [0.15, 0.2) is 88.1 Å². The van der Waals surface area contributed by atoms with Crippen molar-refractivity contribution in [3.8, 4) is 16.9 Å². The van der Waals surface area contributed by atoms with E-state index in [1.54, 1.807) is 19.1 Å². The third kappa shape index (κ3) is 5.81. The highest BCUT2D eigenvalue weighted by Crippen LogP contribution is 2.33. The van der Waals surface area contributed by atoms with Gasteiger partial charge < -0.3 is 19.2 Å². The molecule has 4 aromatic rings. The van der Waals surface area contributed by atoms with Crippen LogP contribution in [0.25, 0.3) is 22.1 Å². The summed E-state index contributed by atoms with van der Waals surface area (Å²) >= 11 is 0. The third-order valence-electron chi connectivity index (χ3n) is 5.77. The lowest BCUT2D eigenvalue weighted by molar-refractivity contribution is -0.136. The summed E-state index contributed by atoms with van der Waals surface area (Å²) in [6, 6.07) is 22.8. The highest BCUT2D eigenvalue weighted by molar-refractivity contribution is 5.96. The SMILES string of the molecule is CCCC(NC(=O)OCc1ccccc1)C(=O)Oc1ccc2c(-c3ccccc3)cc(=O)oc2c1C. The molecule has 0 bridgehead atoms. The van der Waals surface area contributed by atoms with E-state index in [2.05, 4.69) is 5.32 Å². The van der Waals surface area contributed by atoms with Gasteiger partial charge in [0.05, 0.1) is 0 Å². The van der Waals surface area contributed by atoms with Gasteiger partial charge in [0, 0.05) is 17.0 Å². The summed E-state index contributed by atoms with van der Waals surface area (Å²) in [6.07, 6.45) is 0.312. The fraction of sp³-hybridized carbons (Fsp3) is 0.207. The Hall–Kier alpha value is -4.39. The number of benzene rings is 3. The van der Waals surface area contributed by atoms with E-state index in [4.69, 9.17) is 13.9 Å². The summed E-state index contributed by atoms with van der Waals surface area (Å²) in [5.41, 5.74) is 2.80. The van der Waals surface area contributed by atoms with Crippen molar-refractivity contribution in [2.24, 2.45) is 0 Å². The van der Waals surface area contributed by atoms with Gasteiger partial charge in [-0.3, -0.25) is 0 Å². The maximum atomic E-state index is 13.0. The Balaban J connectivity index is 1.52. The summed E-state index contributed by atoms with van der Waals surface area (Å²) in [5, 5.41) is 3.32. The number of ether oxygens (including phenoxy) is 2. The van der Waals surface area contributed by atoms with E-state index in [1.807, 2.05) is 67.6 Å². The molecule has 1 amide bonds. The molecule has 36 heavy (non-hydrogen) atoms. The van der Waals surface area contributed by atoms with E-state index in [9.17, 15) is 14.4 Å². The van der Waals surface area contributed by atoms with Crippen LogP contribution in [-0.4, -0.2) is 18.1 Å². The Kier molecular flexibility index (Phi) is 7.80. The number of hydrogen-bond acceptors (Lipinski definition) is 6. The average molecular weight is 486 g/mol. The van der Waals surface area contributed by atoms with Gasteiger partial charge >= 0.3 is 17.7 Å². The first-order chi connectivity index (χ1) is 17.5. The second-order valence-corrected chi connectivity index (χ2v) is 8.38. The summed E-state index contributed by atoms with van der Waals surface area (Å²) < 4.78 is 16.4. The number of rotatable bonds is 8. The standard InChI is InChI=1S/C29H27NO6/c1-3-10-24(30-29(33)34-18-20-11-6-4-7-12-20)28(32)35-25-16-15-22-23(21-13-8-5-9-14-21)17-26(31)36-27(22)19(25)2/h4-9,11-17,24H,3,10,18H2,1-2H3,(H,30,33). The van der Waals surface area contributed by atoms with Crippen LogP contribution in [0.5, 0.6) is 5.75 Å². The molecule has 0 aliphatic carbocycles. The van der Waals surface area contributed by atoms with Crippen LogP contribution in [0.3, 0.4) is 0 Å². The van der Waals surface area contributed by atoms with Gasteiger partial charge in [-0.05, 0) is 42.2 Å². The van der Waals surface area contributed by atoms with Gasteiger partial charge in [-0.15, -0.1) is 0 Å². The molecule has 7 heteroatoms. The first kappa shape index (κ1) is 24.7. The lowest BCUT2D eigenvalue weighted by atomic mass is 10.00. The minimum atomic E-state index is -0.893. The number of carbonyl (C=O) groups is 2. The van der Waals surface area contributed by atoms with E-state index in [-0.39, 0.29) is 12.4 Å². The van der Waals surface area contributed by atoms with Crippen molar-refractivity contribution in [2.45, 2.75) is 39.3 Å². The Morgan fingerprint density at radius 1 is 0.972 bits per heavy atom. The van der Waals surface area contributed by atoms with Crippen molar-refractivity contribution in [3.05, 3.63) is 100 Å². The molecule has 0 saturated heterocycles. The molecular weight excluding hydrogens is 458 g/mol. The summed E-state index contributed by atoms with van der Waals surface area (Å²) in [6.45, 7) is 3.71. The first-order valence-corrected chi connectivity index (χ1v) is 11.8. The number of fused-ring (bicyclic) bond motifs is 1. The molecule has 7 nitrogen and oxygen atoms in total. The van der Waals surface area contributed by atoms with Crippen LogP contribution in [0.2, 0.25) is 0 Å². The van der Waals surface area contributed by atoms with Crippen molar-refractivity contribution in [1.82, 2.24) is 5.32 Å². The molecule has 0 spiro atoms. The van der Waals surface area contributed by atoms with Crippen molar-refractivity contribution in [1.29, 1.82) is 0 Å². The number of nitrogens with one attached hydrogen (secondary N) is 1. The Labute approximate surface area is 208 Å². The molecule has 4 rings (SSSR count). The monoisotopic (exact) mass is 485 g/mol. The molecule has 1 unspecified atom stereocenters. The van der Waals surface area contributed by atoms with Gasteiger partial charge in [-0.1, -0.05) is 74.0 Å². The number of amides is 1. The van der Waals surface area contributed by atoms with Crippen molar-refractivity contribution < 1.29 is 23.5 Å². The maximum Gasteiger partial charge on any atom is 0.408 e. The third-order valence-corrected chi connectivity index (χ3v) is 5.77. The number of esters is 1. The summed E-state index contributed by atoms with van der Waals surface area (Å²) in [5.74, 6) is -0.376. The summed E-state index contributed by atoms with van der Waals surface area (Å²) in [7, 11) is 0. The van der Waals surface area contributed by atoms with Gasteiger partial charge in [0.2, 0.25) is 0 Å². The van der Waals surface area contributed by atoms with Gasteiger partial charge in [-0.25, -0.2) is 14.4 Å². The van der Waals surface area contributed by atoms with Gasteiger partial charge in [0.15, 0.2) is 0 Å². The lowest BCUT2D eigenvalue weighted by Crippen LogP contribution is -2.43. The second-order valence-electron chi connectivity index (χ2n) is 8.38. The van der Waals surface area contributed by atoms with Crippen molar-refractivity contribution >= 4 is 23.0 Å². The molecule has 0 radical (unpaired) electrons. The molecular formula is C29H27NO6. The van der Waals surface area contributed by atoms with E-state index in [0.717, 1.165) is 22.1 Å². The van der Waals surface area contributed by atoms with Crippen LogP contribution in [0.4, 0.5) is 4.79 Å². The van der Waals surface area contributed by atoms with Crippen LogP contribution in [-0.2, 0) is 16.1 Å². The highest BCUT2D eigenvalue weighted by atomic mass is 16.6. The van der Waals surface area contributed by atoms with Crippen LogP contribution < -0.4 is 15.7 Å². The molecule has 0 aliphatic rings. The highest BCUT2D eigenvalue weighted by Gasteiger charge is 2.24. The Morgan fingerprint density at radius 3 is 2.36 bits per heavy atom. The predicted octanol–water partition coefficient (Wildman–Crippen LogP) is 5.77. The van der Waals surface area contributed by atoms with E-state index < -0.39 is 23.7 Å². The first-order valence-electron chi connectivity index (χ1n) is 11.8. The van der Waals surface area contributed by atoms with Gasteiger partial charge in [0.25, 0.3) is 0 Å². The minimum absolute atomic E-state index is 0.0904. The minimum Gasteiger partial charge on any atom is -0.445 e. The molecule has 0 fully saturated rings. The largest absolute Gasteiger partial charge is 0.445 e. The molecule has 3 aromatic carbocycles. The van der Waals surface area contributed by atoms with Crippen LogP contribution in [0.1, 0.15) is 30.9 Å². The quantitative estimate of drug-likeness (QED) is 0.193. The van der Waals surface area contributed by atoms with E-state index in [1.165, 1.54) is 6.07 Å². The molecule has 1 aromatic heterocycles. The van der Waals surface area contributed by atoms with Crippen LogP contribution >= 0.6 is 0 Å². The predicted molar refractivity (Wildman–Crippen MR) is 137 cm³/mol. The average Bonchev–Trinajstić information content (AvgIpc) is 2.90. The van der Waals surface area contributed by atoms with Crippen molar-refractivity contribution in [2.75, 3.05) is 0 Å². The molecule has 184 valence electrons. The van der Waals surface area contributed by atoms with Crippen LogP contribution in [0, 0.1) is 6.92 Å². The normalized spacial score (nSPS) is 11.6. The molecule has 1 N–H and O–H groups in total.